The molecule has 1 atom stereocenters. The van der Waals surface area contributed by atoms with Crippen molar-refractivity contribution in [2.24, 2.45) is 5.92 Å². The summed E-state index contributed by atoms with van der Waals surface area (Å²) in [5, 5.41) is 12.8. The predicted molar refractivity (Wildman–Crippen MR) is 92.7 cm³/mol. The Bertz CT molecular complexity index is 743. The fourth-order valence-electron chi connectivity index (χ4n) is 3.46. The van der Waals surface area contributed by atoms with Crippen molar-refractivity contribution in [3.05, 3.63) is 29.8 Å². The van der Waals surface area contributed by atoms with E-state index in [0.29, 0.717) is 32.4 Å². The molecule has 25 heavy (non-hydrogen) atoms. The number of carbonyl (C=O) groups is 1. The Hall–Kier alpha value is -1.64. The van der Waals surface area contributed by atoms with Crippen LogP contribution in [-0.2, 0) is 21.2 Å². The molecule has 1 unspecified atom stereocenters. The molecule has 0 spiro atoms. The van der Waals surface area contributed by atoms with Crippen molar-refractivity contribution < 1.29 is 23.1 Å². The number of carbonyl (C=O) groups excluding carboxylic acids is 1. The predicted octanol–water partition coefficient (Wildman–Crippen LogP) is 0.140. The molecular weight excluding hydrogens is 344 g/mol. The van der Waals surface area contributed by atoms with Crippen LogP contribution >= 0.6 is 0 Å². The van der Waals surface area contributed by atoms with Gasteiger partial charge in [-0.2, -0.15) is 0 Å². The Labute approximate surface area is 148 Å². The molecule has 1 aromatic rings. The lowest BCUT2D eigenvalue weighted by molar-refractivity contribution is -0.129. The highest BCUT2D eigenvalue weighted by molar-refractivity contribution is 7.88. The molecule has 2 aliphatic heterocycles. The van der Waals surface area contributed by atoms with E-state index >= 15 is 0 Å². The summed E-state index contributed by atoms with van der Waals surface area (Å²) < 4.78 is 30.3. The number of hydrogen-bond donors (Lipinski definition) is 2. The lowest BCUT2D eigenvalue weighted by Gasteiger charge is -2.39. The number of hydrogen-bond acceptors (Lipinski definition) is 5. The van der Waals surface area contributed by atoms with E-state index in [1.54, 1.807) is 0 Å². The average Bonchev–Trinajstić information content (AvgIpc) is 2.61. The van der Waals surface area contributed by atoms with E-state index in [1.807, 2.05) is 24.3 Å². The number of sulfonamides is 1. The van der Waals surface area contributed by atoms with Crippen LogP contribution in [0.25, 0.3) is 0 Å². The van der Waals surface area contributed by atoms with Gasteiger partial charge in [-0.1, -0.05) is 18.2 Å². The average molecular weight is 368 g/mol. The number of nitrogens with zero attached hydrogens (tertiary/aromatic N) is 1. The molecule has 2 heterocycles. The standard InChI is InChI=1S/C17H24N2O5S/c1-25(22,23)19-8-6-13(7-9-19)16(21)18-17(11-20)10-14-4-2-3-5-15(14)24-12-17/h2-5,13,20H,6-12H2,1H3,(H,18,21). The van der Waals surface area contributed by atoms with Gasteiger partial charge in [0.15, 0.2) is 0 Å². The largest absolute Gasteiger partial charge is 0.491 e. The number of rotatable bonds is 4. The molecule has 2 aliphatic rings. The maximum atomic E-state index is 12.7. The Kier molecular flexibility index (Phi) is 5.04. The molecule has 0 saturated carbocycles. The van der Waals surface area contributed by atoms with Crippen molar-refractivity contribution in [3.63, 3.8) is 0 Å². The summed E-state index contributed by atoms with van der Waals surface area (Å²) >= 11 is 0. The molecule has 0 aliphatic carbocycles. The fraction of sp³-hybridized carbons (Fsp3) is 0.588. The molecular formula is C17H24N2O5S. The number of aliphatic hydroxyl groups is 1. The monoisotopic (exact) mass is 368 g/mol. The van der Waals surface area contributed by atoms with Crippen molar-refractivity contribution in [1.82, 2.24) is 9.62 Å². The molecule has 1 saturated heterocycles. The lowest BCUT2D eigenvalue weighted by atomic mass is 9.88. The number of aliphatic hydroxyl groups excluding tert-OH is 1. The van der Waals surface area contributed by atoms with Gasteiger partial charge in [-0.25, -0.2) is 12.7 Å². The zero-order chi connectivity index (χ0) is 18.1. The smallest absolute Gasteiger partial charge is 0.223 e. The van der Waals surface area contributed by atoms with E-state index in [-0.39, 0.29) is 25.0 Å². The van der Waals surface area contributed by atoms with Gasteiger partial charge in [-0.15, -0.1) is 0 Å². The molecule has 0 aromatic heterocycles. The topological polar surface area (TPSA) is 95.9 Å². The van der Waals surface area contributed by atoms with Gasteiger partial charge >= 0.3 is 0 Å². The first kappa shape index (κ1) is 18.2. The minimum absolute atomic E-state index is 0.148. The van der Waals surface area contributed by atoms with Crippen LogP contribution in [0.3, 0.4) is 0 Å². The number of benzene rings is 1. The molecule has 2 N–H and O–H groups in total. The highest BCUT2D eigenvalue weighted by Gasteiger charge is 2.39. The number of ether oxygens (including phenoxy) is 1. The molecule has 3 rings (SSSR count). The third-order valence-electron chi connectivity index (χ3n) is 4.99. The van der Waals surface area contributed by atoms with Gasteiger partial charge in [0.2, 0.25) is 15.9 Å². The lowest BCUT2D eigenvalue weighted by Crippen LogP contribution is -2.60. The third-order valence-corrected chi connectivity index (χ3v) is 6.29. The minimum Gasteiger partial charge on any atom is -0.491 e. The van der Waals surface area contributed by atoms with E-state index in [0.717, 1.165) is 11.3 Å². The van der Waals surface area contributed by atoms with Crippen LogP contribution in [0.1, 0.15) is 18.4 Å². The molecule has 138 valence electrons. The van der Waals surface area contributed by atoms with Crippen LogP contribution in [0.4, 0.5) is 0 Å². The van der Waals surface area contributed by atoms with Crippen molar-refractivity contribution >= 4 is 15.9 Å². The van der Waals surface area contributed by atoms with Crippen molar-refractivity contribution in [2.75, 3.05) is 32.6 Å². The second kappa shape index (κ2) is 6.93. The van der Waals surface area contributed by atoms with Crippen molar-refractivity contribution in [1.29, 1.82) is 0 Å². The number of piperidine rings is 1. The van der Waals surface area contributed by atoms with Gasteiger partial charge in [0.05, 0.1) is 12.9 Å². The highest BCUT2D eigenvalue weighted by Crippen LogP contribution is 2.30. The molecule has 0 radical (unpaired) electrons. The van der Waals surface area contributed by atoms with E-state index in [1.165, 1.54) is 10.6 Å². The van der Waals surface area contributed by atoms with Gasteiger partial charge in [0, 0.05) is 25.4 Å². The molecule has 1 amide bonds. The highest BCUT2D eigenvalue weighted by atomic mass is 32.2. The van der Waals surface area contributed by atoms with Crippen molar-refractivity contribution in [2.45, 2.75) is 24.8 Å². The van der Waals surface area contributed by atoms with E-state index in [4.69, 9.17) is 4.74 Å². The number of nitrogens with one attached hydrogen (secondary N) is 1. The SMILES string of the molecule is CS(=O)(=O)N1CCC(C(=O)NC2(CO)COc3ccccc3C2)CC1. The van der Waals surface area contributed by atoms with Crippen LogP contribution in [0, 0.1) is 5.92 Å². The first-order valence-electron chi connectivity index (χ1n) is 8.42. The van der Waals surface area contributed by atoms with Gasteiger partial charge in [-0.3, -0.25) is 4.79 Å². The van der Waals surface area contributed by atoms with Crippen LogP contribution in [-0.4, -0.2) is 61.8 Å². The van der Waals surface area contributed by atoms with Crippen LogP contribution in [0.15, 0.2) is 24.3 Å². The summed E-state index contributed by atoms with van der Waals surface area (Å²) in [5.74, 6) is 0.381. The molecule has 1 fully saturated rings. The summed E-state index contributed by atoms with van der Waals surface area (Å²) in [6.45, 7) is 0.703. The van der Waals surface area contributed by atoms with Crippen LogP contribution in [0.2, 0.25) is 0 Å². The van der Waals surface area contributed by atoms with E-state index < -0.39 is 15.6 Å². The Balaban J connectivity index is 1.64. The summed E-state index contributed by atoms with van der Waals surface area (Å²) in [6, 6.07) is 7.59. The van der Waals surface area contributed by atoms with Gasteiger partial charge in [-0.05, 0) is 24.5 Å². The van der Waals surface area contributed by atoms with Crippen molar-refractivity contribution in [3.8, 4) is 5.75 Å². The second-order valence-corrected chi connectivity index (χ2v) is 8.92. The first-order chi connectivity index (χ1) is 11.8. The quantitative estimate of drug-likeness (QED) is 0.788. The first-order valence-corrected chi connectivity index (χ1v) is 10.3. The van der Waals surface area contributed by atoms with Gasteiger partial charge < -0.3 is 15.2 Å². The molecule has 7 nitrogen and oxygen atoms in total. The van der Waals surface area contributed by atoms with Crippen LogP contribution in [0.5, 0.6) is 5.75 Å². The number of fused-ring (bicyclic) bond motifs is 1. The van der Waals surface area contributed by atoms with Crippen LogP contribution < -0.4 is 10.1 Å². The third kappa shape index (κ3) is 3.96. The maximum Gasteiger partial charge on any atom is 0.223 e. The Morgan fingerprint density at radius 2 is 2.04 bits per heavy atom. The maximum absolute atomic E-state index is 12.7. The molecule has 1 aromatic carbocycles. The summed E-state index contributed by atoms with van der Waals surface area (Å²) in [6.07, 6.45) is 2.66. The molecule has 8 heteroatoms. The normalized spacial score (nSPS) is 25.0. The summed E-state index contributed by atoms with van der Waals surface area (Å²) in [5.41, 5.74) is 0.120. The summed E-state index contributed by atoms with van der Waals surface area (Å²) in [4.78, 5) is 12.7. The minimum atomic E-state index is -3.21. The van der Waals surface area contributed by atoms with E-state index in [9.17, 15) is 18.3 Å². The Morgan fingerprint density at radius 1 is 1.36 bits per heavy atom. The van der Waals surface area contributed by atoms with Gasteiger partial charge in [0.25, 0.3) is 0 Å². The summed E-state index contributed by atoms with van der Waals surface area (Å²) in [7, 11) is -3.21. The van der Waals surface area contributed by atoms with E-state index in [2.05, 4.69) is 5.32 Å². The Morgan fingerprint density at radius 3 is 2.68 bits per heavy atom. The fourth-order valence-corrected chi connectivity index (χ4v) is 4.33. The van der Waals surface area contributed by atoms with Gasteiger partial charge in [0.1, 0.15) is 17.9 Å². The number of amides is 1. The second-order valence-electron chi connectivity index (χ2n) is 6.94. The zero-order valence-corrected chi connectivity index (χ0v) is 15.1. The number of para-hydroxylation sites is 1. The zero-order valence-electron chi connectivity index (χ0n) is 14.3. The molecule has 0 bridgehead atoms.